The van der Waals surface area contributed by atoms with Crippen molar-refractivity contribution in [2.24, 2.45) is 0 Å². The van der Waals surface area contributed by atoms with Crippen LogP contribution in [0.5, 0.6) is 0 Å². The highest BCUT2D eigenvalue weighted by Gasteiger charge is 2.32. The van der Waals surface area contributed by atoms with Crippen LogP contribution < -0.4 is 0 Å². The first-order valence-corrected chi connectivity index (χ1v) is 8.58. The Morgan fingerprint density at radius 2 is 2.00 bits per heavy atom. The number of nitrogens with zero attached hydrogens (tertiary/aromatic N) is 4. The molecule has 0 fully saturated rings. The van der Waals surface area contributed by atoms with Crippen molar-refractivity contribution in [2.75, 3.05) is 13.6 Å². The molecule has 26 heavy (non-hydrogen) atoms. The van der Waals surface area contributed by atoms with Gasteiger partial charge in [0.05, 0.1) is 5.52 Å². The molecule has 0 bridgehead atoms. The maximum absolute atomic E-state index is 12.6. The fourth-order valence-electron chi connectivity index (χ4n) is 3.66. The number of halogens is 3. The van der Waals surface area contributed by atoms with Crippen LogP contribution in [0.2, 0.25) is 0 Å². The predicted molar refractivity (Wildman–Crippen MR) is 92.7 cm³/mol. The zero-order chi connectivity index (χ0) is 18.3. The monoisotopic (exact) mass is 360 g/mol. The minimum absolute atomic E-state index is 0.638. The predicted octanol–water partition coefficient (Wildman–Crippen LogP) is 3.68. The number of likely N-dealkylation sites (N-methyl/N-ethyl adjacent to an activating group) is 1. The molecule has 4 nitrogen and oxygen atoms in total. The minimum atomic E-state index is -4.40. The Balaban J connectivity index is 1.62. The molecule has 0 spiro atoms. The van der Waals surface area contributed by atoms with Gasteiger partial charge in [0.2, 0.25) is 0 Å². The lowest BCUT2D eigenvalue weighted by Gasteiger charge is -2.24. The number of hydrogen-bond acceptors (Lipinski definition) is 3. The molecular formula is C19H19F3N4. The average molecular weight is 360 g/mol. The van der Waals surface area contributed by atoms with Gasteiger partial charge in [-0.25, -0.2) is 0 Å². The Bertz CT molecular complexity index is 928. The molecule has 0 aromatic carbocycles. The number of hydrogen-bond donors (Lipinski definition) is 0. The second-order valence-electron chi connectivity index (χ2n) is 6.76. The van der Waals surface area contributed by atoms with Crippen LogP contribution in [0.4, 0.5) is 13.2 Å². The molecular weight excluding hydrogens is 341 g/mol. The molecule has 3 aromatic rings. The summed E-state index contributed by atoms with van der Waals surface area (Å²) in [7, 11) is 2.11. The largest absolute Gasteiger partial charge is 0.433 e. The van der Waals surface area contributed by atoms with Gasteiger partial charge in [0.1, 0.15) is 5.69 Å². The highest BCUT2D eigenvalue weighted by Crippen LogP contribution is 2.30. The van der Waals surface area contributed by atoms with E-state index in [4.69, 9.17) is 0 Å². The summed E-state index contributed by atoms with van der Waals surface area (Å²) in [5.74, 6) is 0. The summed E-state index contributed by atoms with van der Waals surface area (Å²) in [4.78, 5) is 10.1. The van der Waals surface area contributed by atoms with Crippen LogP contribution in [0.3, 0.4) is 0 Å². The summed E-state index contributed by atoms with van der Waals surface area (Å²) >= 11 is 0. The van der Waals surface area contributed by atoms with Crippen molar-refractivity contribution in [3.05, 3.63) is 59.3 Å². The molecule has 7 heteroatoms. The SMILES string of the molecule is CN1CCc2c(c3cnccc3n2CCc2ccc(C(F)(F)F)nc2)C1. The van der Waals surface area contributed by atoms with Crippen LogP contribution in [0, 0.1) is 0 Å². The van der Waals surface area contributed by atoms with Crippen molar-refractivity contribution >= 4 is 10.9 Å². The topological polar surface area (TPSA) is 34.0 Å². The third-order valence-electron chi connectivity index (χ3n) is 4.99. The summed E-state index contributed by atoms with van der Waals surface area (Å²) in [6.45, 7) is 2.61. The highest BCUT2D eigenvalue weighted by atomic mass is 19.4. The van der Waals surface area contributed by atoms with E-state index in [0.29, 0.717) is 13.0 Å². The van der Waals surface area contributed by atoms with Crippen molar-refractivity contribution in [3.8, 4) is 0 Å². The molecule has 0 unspecified atom stereocenters. The Morgan fingerprint density at radius 1 is 1.15 bits per heavy atom. The van der Waals surface area contributed by atoms with Gasteiger partial charge in [-0.15, -0.1) is 0 Å². The van der Waals surface area contributed by atoms with E-state index in [-0.39, 0.29) is 0 Å². The first kappa shape index (κ1) is 17.0. The summed E-state index contributed by atoms with van der Waals surface area (Å²) in [6.07, 6.45) is 2.23. The third kappa shape index (κ3) is 3.07. The molecule has 136 valence electrons. The van der Waals surface area contributed by atoms with Gasteiger partial charge in [-0.2, -0.15) is 13.2 Å². The number of aromatic nitrogens is 3. The van der Waals surface area contributed by atoms with Crippen molar-refractivity contribution in [2.45, 2.75) is 32.1 Å². The molecule has 0 radical (unpaired) electrons. The minimum Gasteiger partial charge on any atom is -0.344 e. The van der Waals surface area contributed by atoms with Gasteiger partial charge in [-0.3, -0.25) is 9.97 Å². The normalized spacial score (nSPS) is 15.4. The first-order valence-electron chi connectivity index (χ1n) is 8.58. The second kappa shape index (κ2) is 6.39. The summed E-state index contributed by atoms with van der Waals surface area (Å²) in [6, 6.07) is 4.58. The number of pyridine rings is 2. The third-order valence-corrected chi connectivity index (χ3v) is 4.99. The van der Waals surface area contributed by atoms with E-state index in [0.717, 1.165) is 36.7 Å². The smallest absolute Gasteiger partial charge is 0.344 e. The number of rotatable bonds is 3. The number of fused-ring (bicyclic) bond motifs is 3. The Kier molecular flexibility index (Phi) is 4.19. The van der Waals surface area contributed by atoms with E-state index in [1.165, 1.54) is 28.9 Å². The number of alkyl halides is 3. The molecule has 4 heterocycles. The molecule has 0 atom stereocenters. The zero-order valence-corrected chi connectivity index (χ0v) is 14.4. The van der Waals surface area contributed by atoms with Crippen LogP contribution in [0.1, 0.15) is 22.5 Å². The van der Waals surface area contributed by atoms with Gasteiger partial charge in [-0.05, 0) is 36.7 Å². The quantitative estimate of drug-likeness (QED) is 0.715. The Hall–Kier alpha value is -2.41. The van der Waals surface area contributed by atoms with Crippen LogP contribution in [0.25, 0.3) is 10.9 Å². The Morgan fingerprint density at radius 3 is 2.73 bits per heavy atom. The summed E-state index contributed by atoms with van der Waals surface area (Å²) in [5.41, 5.74) is 3.72. The van der Waals surface area contributed by atoms with Crippen LogP contribution in [-0.4, -0.2) is 33.0 Å². The molecule has 0 amide bonds. The maximum Gasteiger partial charge on any atom is 0.433 e. The van der Waals surface area contributed by atoms with Gasteiger partial charge in [0.15, 0.2) is 0 Å². The van der Waals surface area contributed by atoms with E-state index in [2.05, 4.69) is 26.5 Å². The first-order chi connectivity index (χ1) is 12.4. The van der Waals surface area contributed by atoms with E-state index in [1.54, 1.807) is 6.20 Å². The van der Waals surface area contributed by atoms with Crippen LogP contribution >= 0.6 is 0 Å². The van der Waals surface area contributed by atoms with Gasteiger partial charge in [0.25, 0.3) is 0 Å². The molecule has 1 aliphatic heterocycles. The molecule has 0 aliphatic carbocycles. The molecule has 3 aromatic heterocycles. The van der Waals surface area contributed by atoms with Gasteiger partial charge in [-0.1, -0.05) is 6.07 Å². The average Bonchev–Trinajstić information content (AvgIpc) is 2.93. The molecule has 4 rings (SSSR count). The molecule has 0 N–H and O–H groups in total. The van der Waals surface area contributed by atoms with Gasteiger partial charge < -0.3 is 9.47 Å². The van der Waals surface area contributed by atoms with E-state index in [1.807, 2.05) is 12.3 Å². The van der Waals surface area contributed by atoms with Crippen LogP contribution in [0.15, 0.2) is 36.8 Å². The van der Waals surface area contributed by atoms with Crippen molar-refractivity contribution < 1.29 is 13.2 Å². The van der Waals surface area contributed by atoms with Gasteiger partial charge >= 0.3 is 6.18 Å². The summed E-state index contributed by atoms with van der Waals surface area (Å²) < 4.78 is 40.2. The van der Waals surface area contributed by atoms with Gasteiger partial charge in [0, 0.05) is 55.7 Å². The van der Waals surface area contributed by atoms with E-state index < -0.39 is 11.9 Å². The fraction of sp³-hybridized carbons (Fsp3) is 0.368. The van der Waals surface area contributed by atoms with E-state index >= 15 is 0 Å². The summed E-state index contributed by atoms with van der Waals surface area (Å²) in [5, 5.41) is 1.17. The maximum atomic E-state index is 12.6. The Labute approximate surface area is 149 Å². The fourth-order valence-corrected chi connectivity index (χ4v) is 3.66. The van der Waals surface area contributed by atoms with Crippen LogP contribution in [-0.2, 0) is 32.1 Å². The lowest BCUT2D eigenvalue weighted by molar-refractivity contribution is -0.141. The standard InChI is InChI=1S/C19H19F3N4/c1-25-8-6-17-15(12-25)14-11-23-7-4-16(14)26(17)9-5-13-2-3-18(24-10-13)19(20,21)22/h2-4,7,10-11H,5-6,8-9,12H2,1H3. The molecule has 1 aliphatic rings. The highest BCUT2D eigenvalue weighted by molar-refractivity contribution is 5.84. The lowest BCUT2D eigenvalue weighted by Crippen LogP contribution is -2.27. The van der Waals surface area contributed by atoms with Crippen molar-refractivity contribution in [3.63, 3.8) is 0 Å². The van der Waals surface area contributed by atoms with Crippen molar-refractivity contribution in [1.29, 1.82) is 0 Å². The second-order valence-corrected chi connectivity index (χ2v) is 6.76. The molecule has 0 saturated carbocycles. The number of aryl methyl sites for hydroxylation is 2. The molecule has 0 saturated heterocycles. The zero-order valence-electron chi connectivity index (χ0n) is 14.4. The lowest BCUT2D eigenvalue weighted by atomic mass is 10.1. The van der Waals surface area contributed by atoms with Crippen molar-refractivity contribution in [1.82, 2.24) is 19.4 Å². The van der Waals surface area contributed by atoms with E-state index in [9.17, 15) is 13.2 Å².